The van der Waals surface area contributed by atoms with Crippen molar-refractivity contribution in [2.24, 2.45) is 5.41 Å². The van der Waals surface area contributed by atoms with Gasteiger partial charge in [-0.3, -0.25) is 9.59 Å². The lowest BCUT2D eigenvalue weighted by Gasteiger charge is -2.29. The van der Waals surface area contributed by atoms with E-state index in [4.69, 9.17) is 0 Å². The fourth-order valence-corrected chi connectivity index (χ4v) is 3.40. The summed E-state index contributed by atoms with van der Waals surface area (Å²) in [5.41, 5.74) is 1.54. The summed E-state index contributed by atoms with van der Waals surface area (Å²) < 4.78 is 0. The first-order valence-corrected chi connectivity index (χ1v) is 11.2. The van der Waals surface area contributed by atoms with E-state index in [0.29, 0.717) is 16.8 Å². The molecule has 5 nitrogen and oxygen atoms in total. The summed E-state index contributed by atoms with van der Waals surface area (Å²) >= 11 is 0. The topological polar surface area (TPSA) is 78.4 Å². The van der Waals surface area contributed by atoms with Gasteiger partial charge in [0.2, 0.25) is 0 Å². The molecule has 0 heterocycles. The Morgan fingerprint density at radius 3 is 2.06 bits per heavy atom. The van der Waals surface area contributed by atoms with Crippen molar-refractivity contribution in [1.29, 1.82) is 0 Å². The first kappa shape index (κ1) is 24.4. The maximum atomic E-state index is 13.0. The molecule has 0 aromatic heterocycles. The molecule has 0 radical (unpaired) electrons. The van der Waals surface area contributed by atoms with Crippen molar-refractivity contribution >= 4 is 23.1 Å². The van der Waals surface area contributed by atoms with Gasteiger partial charge >= 0.3 is 0 Å². The molecule has 3 N–H and O–H groups in total. The summed E-state index contributed by atoms with van der Waals surface area (Å²) in [5.74, 6) is -0.337. The first-order chi connectivity index (χ1) is 14.6. The number of benzene rings is 2. The second kappa shape index (κ2) is 9.99. The molecule has 0 aliphatic carbocycles. The van der Waals surface area contributed by atoms with Crippen LogP contribution in [0.15, 0.2) is 42.5 Å². The Balaban J connectivity index is 2.26. The summed E-state index contributed by atoms with van der Waals surface area (Å²) in [6.07, 6.45) is 3.37. The van der Waals surface area contributed by atoms with Crippen LogP contribution in [0.5, 0.6) is 5.75 Å². The standard InChI is InChI=1S/C26H36N2O3/c1-7-25(5,8-2)23(30)18-12-11-13-19(16-18)24(31)27-21-17-20(14-15-22(21)29)28-26(6,9-3)10-4/h11-17,28-29H,7-10H2,1-6H3,(H,27,31). The van der Waals surface area contributed by atoms with Crippen molar-refractivity contribution in [3.05, 3.63) is 53.6 Å². The Morgan fingerprint density at radius 1 is 0.871 bits per heavy atom. The molecule has 2 rings (SSSR count). The van der Waals surface area contributed by atoms with Gasteiger partial charge in [0.1, 0.15) is 5.75 Å². The summed E-state index contributed by atoms with van der Waals surface area (Å²) in [6, 6.07) is 11.9. The molecule has 0 atom stereocenters. The molecular formula is C26H36N2O3. The van der Waals surface area contributed by atoms with Gasteiger partial charge in [0.25, 0.3) is 5.91 Å². The molecule has 2 aromatic carbocycles. The number of aromatic hydroxyl groups is 1. The number of hydrogen-bond acceptors (Lipinski definition) is 4. The molecule has 0 bridgehead atoms. The number of phenols is 1. The van der Waals surface area contributed by atoms with Crippen LogP contribution in [-0.4, -0.2) is 22.3 Å². The van der Waals surface area contributed by atoms with Crippen LogP contribution < -0.4 is 10.6 Å². The van der Waals surface area contributed by atoms with Gasteiger partial charge < -0.3 is 15.7 Å². The van der Waals surface area contributed by atoms with Gasteiger partial charge in [-0.2, -0.15) is 0 Å². The minimum atomic E-state index is -0.446. The largest absolute Gasteiger partial charge is 0.506 e. The normalized spacial score (nSPS) is 11.8. The molecule has 1 amide bonds. The second-order valence-electron chi connectivity index (χ2n) is 8.76. The SMILES string of the molecule is CCC(C)(CC)Nc1ccc(O)c(NC(=O)c2cccc(C(=O)C(C)(CC)CC)c2)c1. The third kappa shape index (κ3) is 5.66. The average Bonchev–Trinajstić information content (AvgIpc) is 2.80. The van der Waals surface area contributed by atoms with Crippen LogP contribution in [-0.2, 0) is 0 Å². The average molecular weight is 425 g/mol. The number of amides is 1. The number of nitrogens with one attached hydrogen (secondary N) is 2. The number of ketones is 1. The third-order valence-corrected chi connectivity index (χ3v) is 6.75. The fourth-order valence-electron chi connectivity index (χ4n) is 3.40. The van der Waals surface area contributed by atoms with Crippen molar-refractivity contribution in [2.45, 2.75) is 72.8 Å². The molecule has 5 heteroatoms. The molecular weight excluding hydrogens is 388 g/mol. The molecule has 0 aliphatic rings. The van der Waals surface area contributed by atoms with E-state index in [9.17, 15) is 14.7 Å². The van der Waals surface area contributed by atoms with Gasteiger partial charge in [-0.1, -0.05) is 46.8 Å². The lowest BCUT2D eigenvalue weighted by molar-refractivity contribution is 0.0803. The highest BCUT2D eigenvalue weighted by molar-refractivity contribution is 6.08. The maximum Gasteiger partial charge on any atom is 0.255 e. The zero-order valence-electron chi connectivity index (χ0n) is 19.6. The number of Topliss-reactive ketones (excluding diaryl/α,β-unsaturated/α-hetero) is 1. The first-order valence-electron chi connectivity index (χ1n) is 11.2. The van der Waals surface area contributed by atoms with Crippen LogP contribution in [0.1, 0.15) is 87.9 Å². The molecule has 0 saturated carbocycles. The summed E-state index contributed by atoms with van der Waals surface area (Å²) in [5, 5.41) is 16.5. The van der Waals surface area contributed by atoms with Gasteiger partial charge in [0.05, 0.1) is 5.69 Å². The van der Waals surface area contributed by atoms with Crippen molar-refractivity contribution in [3.63, 3.8) is 0 Å². The minimum absolute atomic E-state index is 0.00891. The molecule has 0 unspecified atom stereocenters. The Morgan fingerprint density at radius 2 is 1.48 bits per heavy atom. The van der Waals surface area contributed by atoms with Crippen LogP contribution in [0.25, 0.3) is 0 Å². The number of phenolic OH excluding ortho intramolecular Hbond substituents is 1. The summed E-state index contributed by atoms with van der Waals surface area (Å²) in [7, 11) is 0. The summed E-state index contributed by atoms with van der Waals surface area (Å²) in [4.78, 5) is 25.9. The van der Waals surface area contributed by atoms with E-state index >= 15 is 0 Å². The molecule has 0 aliphatic heterocycles. The Bertz CT molecular complexity index is 928. The van der Waals surface area contributed by atoms with E-state index in [1.54, 1.807) is 42.5 Å². The highest BCUT2D eigenvalue weighted by Crippen LogP contribution is 2.32. The molecule has 0 saturated heterocycles. The van der Waals surface area contributed by atoms with Gasteiger partial charge in [0.15, 0.2) is 5.78 Å². The van der Waals surface area contributed by atoms with E-state index < -0.39 is 5.41 Å². The number of anilines is 2. The number of rotatable bonds is 10. The van der Waals surface area contributed by atoms with Gasteiger partial charge in [-0.05, 0) is 62.9 Å². The molecule has 2 aromatic rings. The van der Waals surface area contributed by atoms with Crippen molar-refractivity contribution in [2.75, 3.05) is 10.6 Å². The van der Waals surface area contributed by atoms with Crippen molar-refractivity contribution in [3.8, 4) is 5.75 Å². The van der Waals surface area contributed by atoms with Crippen LogP contribution in [0.4, 0.5) is 11.4 Å². The quantitative estimate of drug-likeness (QED) is 0.227. The Hall–Kier alpha value is -2.82. The van der Waals surface area contributed by atoms with Crippen LogP contribution in [0.3, 0.4) is 0 Å². The van der Waals surface area contributed by atoms with E-state index in [1.807, 2.05) is 20.8 Å². The number of hydrogen-bond donors (Lipinski definition) is 3. The highest BCUT2D eigenvalue weighted by Gasteiger charge is 2.30. The molecule has 168 valence electrons. The van der Waals surface area contributed by atoms with Crippen LogP contribution in [0.2, 0.25) is 0 Å². The lowest BCUT2D eigenvalue weighted by Crippen LogP contribution is -2.32. The van der Waals surface area contributed by atoms with E-state index in [0.717, 1.165) is 31.4 Å². The van der Waals surface area contributed by atoms with E-state index in [-0.39, 0.29) is 23.0 Å². The minimum Gasteiger partial charge on any atom is -0.506 e. The Kier molecular flexibility index (Phi) is 7.88. The van der Waals surface area contributed by atoms with Gasteiger partial charge in [-0.15, -0.1) is 0 Å². The Labute approximate surface area is 186 Å². The van der Waals surface area contributed by atoms with Crippen molar-refractivity contribution < 1.29 is 14.7 Å². The van der Waals surface area contributed by atoms with E-state index in [2.05, 4.69) is 31.4 Å². The summed E-state index contributed by atoms with van der Waals surface area (Å²) in [6.45, 7) is 12.3. The zero-order valence-corrected chi connectivity index (χ0v) is 19.6. The fraction of sp³-hybridized carbons (Fsp3) is 0.462. The maximum absolute atomic E-state index is 13.0. The number of carbonyl (C=O) groups is 2. The van der Waals surface area contributed by atoms with Gasteiger partial charge in [0, 0.05) is 27.8 Å². The zero-order chi connectivity index (χ0) is 23.2. The number of carbonyl (C=O) groups excluding carboxylic acids is 2. The second-order valence-corrected chi connectivity index (χ2v) is 8.76. The van der Waals surface area contributed by atoms with Gasteiger partial charge in [-0.25, -0.2) is 0 Å². The monoisotopic (exact) mass is 424 g/mol. The van der Waals surface area contributed by atoms with Crippen LogP contribution in [0, 0.1) is 5.41 Å². The predicted octanol–water partition coefficient (Wildman–Crippen LogP) is 6.64. The van der Waals surface area contributed by atoms with Crippen LogP contribution >= 0.6 is 0 Å². The smallest absolute Gasteiger partial charge is 0.255 e. The lowest BCUT2D eigenvalue weighted by atomic mass is 9.77. The third-order valence-electron chi connectivity index (χ3n) is 6.75. The molecule has 0 fully saturated rings. The van der Waals surface area contributed by atoms with E-state index in [1.165, 1.54) is 0 Å². The molecule has 0 spiro atoms. The predicted molar refractivity (Wildman–Crippen MR) is 128 cm³/mol. The molecule has 31 heavy (non-hydrogen) atoms. The highest BCUT2D eigenvalue weighted by atomic mass is 16.3. The van der Waals surface area contributed by atoms with Crippen molar-refractivity contribution in [1.82, 2.24) is 0 Å².